The molecule has 6 rings (SSSR count). The second-order valence-corrected chi connectivity index (χ2v) is 10.4. The van der Waals surface area contributed by atoms with Gasteiger partial charge in [0.05, 0.1) is 18.9 Å². The molecule has 33 heavy (non-hydrogen) atoms. The second kappa shape index (κ2) is 7.51. The van der Waals surface area contributed by atoms with Crippen molar-refractivity contribution in [2.75, 3.05) is 6.61 Å². The van der Waals surface area contributed by atoms with Crippen molar-refractivity contribution < 1.29 is 9.15 Å². The molecular weight excluding hydrogens is 408 g/mol. The highest BCUT2D eigenvalue weighted by atomic mass is 16.5. The van der Waals surface area contributed by atoms with Crippen LogP contribution in [0.1, 0.15) is 85.5 Å². The minimum atomic E-state index is 0.0682. The summed E-state index contributed by atoms with van der Waals surface area (Å²) in [6.45, 7) is 9.76. The van der Waals surface area contributed by atoms with E-state index in [1.54, 1.807) is 0 Å². The van der Waals surface area contributed by atoms with Crippen molar-refractivity contribution in [1.82, 2.24) is 5.32 Å². The lowest BCUT2D eigenvalue weighted by molar-refractivity contribution is 0.317. The number of fused-ring (bicyclic) bond motifs is 8. The summed E-state index contributed by atoms with van der Waals surface area (Å²) in [5.74, 6) is 2.88. The molecular formula is C29H32N2O2. The lowest BCUT2D eigenvalue weighted by Gasteiger charge is -2.37. The molecule has 2 aliphatic carbocycles. The average molecular weight is 441 g/mol. The minimum absolute atomic E-state index is 0.0682. The summed E-state index contributed by atoms with van der Waals surface area (Å²) in [6.07, 6.45) is 6.48. The van der Waals surface area contributed by atoms with E-state index in [4.69, 9.17) is 14.1 Å². The summed E-state index contributed by atoms with van der Waals surface area (Å²) in [4.78, 5) is 5.31. The Kier molecular flexibility index (Phi) is 4.69. The lowest BCUT2D eigenvalue weighted by Crippen LogP contribution is -2.30. The van der Waals surface area contributed by atoms with E-state index >= 15 is 0 Å². The van der Waals surface area contributed by atoms with Gasteiger partial charge in [-0.1, -0.05) is 32.9 Å². The molecule has 0 saturated carbocycles. The second-order valence-electron chi connectivity index (χ2n) is 10.4. The van der Waals surface area contributed by atoms with E-state index in [0.29, 0.717) is 0 Å². The van der Waals surface area contributed by atoms with E-state index in [-0.39, 0.29) is 17.5 Å². The van der Waals surface area contributed by atoms with Crippen LogP contribution in [0.4, 0.5) is 0 Å². The quantitative estimate of drug-likeness (QED) is 0.485. The Morgan fingerprint density at radius 1 is 1.12 bits per heavy atom. The first-order chi connectivity index (χ1) is 16.0. The molecule has 4 heteroatoms. The summed E-state index contributed by atoms with van der Waals surface area (Å²) in [7, 11) is 0. The van der Waals surface area contributed by atoms with Gasteiger partial charge >= 0.3 is 0 Å². The Labute approximate surface area is 196 Å². The third-order valence-corrected chi connectivity index (χ3v) is 7.67. The zero-order valence-electron chi connectivity index (χ0n) is 20.0. The molecule has 1 aromatic heterocycles. The van der Waals surface area contributed by atoms with E-state index in [1.807, 2.05) is 18.4 Å². The van der Waals surface area contributed by atoms with Gasteiger partial charge in [0, 0.05) is 16.7 Å². The number of hydrogen-bond acceptors (Lipinski definition) is 4. The molecule has 0 saturated heterocycles. The number of nitrogens with one attached hydrogen (secondary N) is 1. The summed E-state index contributed by atoms with van der Waals surface area (Å²) < 4.78 is 11.9. The number of amidine groups is 1. The number of rotatable bonds is 4. The molecule has 2 atom stereocenters. The largest absolute Gasteiger partial charge is 0.494 e. The first-order valence-corrected chi connectivity index (χ1v) is 12.3. The Bertz CT molecular complexity index is 1250. The van der Waals surface area contributed by atoms with Crippen molar-refractivity contribution in [2.45, 2.75) is 70.9 Å². The zero-order valence-corrected chi connectivity index (χ0v) is 20.0. The monoisotopic (exact) mass is 440 g/mol. The first kappa shape index (κ1) is 20.6. The van der Waals surface area contributed by atoms with Gasteiger partial charge in [0.15, 0.2) is 0 Å². The van der Waals surface area contributed by atoms with Gasteiger partial charge in [-0.05, 0) is 84.5 Å². The summed E-state index contributed by atoms with van der Waals surface area (Å²) in [5, 5.41) is 3.77. The number of nitrogens with zero attached hydrogens (tertiary/aromatic N) is 1. The number of benzene rings is 2. The van der Waals surface area contributed by atoms with Crippen LogP contribution in [0.3, 0.4) is 0 Å². The Morgan fingerprint density at radius 3 is 2.73 bits per heavy atom. The van der Waals surface area contributed by atoms with Gasteiger partial charge in [-0.2, -0.15) is 0 Å². The van der Waals surface area contributed by atoms with Gasteiger partial charge < -0.3 is 14.5 Å². The summed E-state index contributed by atoms with van der Waals surface area (Å²) >= 11 is 0. The molecule has 2 heterocycles. The maximum absolute atomic E-state index is 6.15. The topological polar surface area (TPSA) is 46.8 Å². The van der Waals surface area contributed by atoms with Crippen molar-refractivity contribution >= 4 is 5.84 Å². The Balaban J connectivity index is 1.47. The highest BCUT2D eigenvalue weighted by molar-refractivity contribution is 6.01. The molecule has 1 N–H and O–H groups in total. The molecule has 0 bridgehead atoms. The van der Waals surface area contributed by atoms with Gasteiger partial charge in [-0.25, -0.2) is 0 Å². The minimum Gasteiger partial charge on any atom is -0.494 e. The SMILES string of the molecule is CCCOc1ccc(C2=NC3c4c(ccc5c4CCCC5(C)C)-c4occ(C)c4C3N2)cc1. The maximum atomic E-state index is 6.15. The van der Waals surface area contributed by atoms with Crippen LogP contribution in [-0.2, 0) is 11.8 Å². The molecule has 3 aliphatic rings. The van der Waals surface area contributed by atoms with Crippen LogP contribution >= 0.6 is 0 Å². The number of aliphatic imine (C=N–C) groups is 1. The molecule has 170 valence electrons. The van der Waals surface area contributed by atoms with Gasteiger partial charge in [-0.3, -0.25) is 4.99 Å². The number of furan rings is 1. The molecule has 0 amide bonds. The fourth-order valence-electron chi connectivity index (χ4n) is 6.02. The summed E-state index contributed by atoms with van der Waals surface area (Å²) in [5.41, 5.74) is 9.32. The molecule has 0 fully saturated rings. The number of aryl methyl sites for hydroxylation is 1. The van der Waals surface area contributed by atoms with Gasteiger partial charge in [-0.15, -0.1) is 0 Å². The number of ether oxygens (including phenoxy) is 1. The molecule has 2 unspecified atom stereocenters. The fraction of sp³-hybridized carbons (Fsp3) is 0.414. The van der Waals surface area contributed by atoms with Crippen molar-refractivity contribution in [3.63, 3.8) is 0 Å². The average Bonchev–Trinajstić information content (AvgIpc) is 3.41. The van der Waals surface area contributed by atoms with Crippen LogP contribution in [0.15, 0.2) is 52.1 Å². The van der Waals surface area contributed by atoms with Crippen molar-refractivity contribution in [1.29, 1.82) is 0 Å². The van der Waals surface area contributed by atoms with Crippen LogP contribution in [-0.4, -0.2) is 12.4 Å². The predicted octanol–water partition coefficient (Wildman–Crippen LogP) is 6.80. The molecule has 1 aliphatic heterocycles. The molecule has 0 spiro atoms. The normalized spacial score (nSPS) is 21.9. The van der Waals surface area contributed by atoms with E-state index in [1.165, 1.54) is 46.2 Å². The van der Waals surface area contributed by atoms with E-state index in [2.05, 4.69) is 57.3 Å². The predicted molar refractivity (Wildman–Crippen MR) is 132 cm³/mol. The van der Waals surface area contributed by atoms with Crippen molar-refractivity contribution in [3.8, 4) is 17.1 Å². The fourth-order valence-corrected chi connectivity index (χ4v) is 6.02. The molecule has 4 nitrogen and oxygen atoms in total. The van der Waals surface area contributed by atoms with Crippen molar-refractivity contribution in [2.24, 2.45) is 4.99 Å². The van der Waals surface area contributed by atoms with Gasteiger partial charge in [0.1, 0.15) is 23.4 Å². The van der Waals surface area contributed by atoms with Crippen LogP contribution in [0.2, 0.25) is 0 Å². The van der Waals surface area contributed by atoms with E-state index in [0.717, 1.165) is 42.4 Å². The summed E-state index contributed by atoms with van der Waals surface area (Å²) in [6, 6.07) is 13.1. The lowest BCUT2D eigenvalue weighted by atomic mass is 9.68. The first-order valence-electron chi connectivity index (χ1n) is 12.3. The van der Waals surface area contributed by atoms with Crippen LogP contribution in [0.25, 0.3) is 11.3 Å². The molecule has 2 aromatic carbocycles. The Morgan fingerprint density at radius 2 is 1.94 bits per heavy atom. The van der Waals surface area contributed by atoms with Crippen molar-refractivity contribution in [3.05, 3.63) is 76.0 Å². The maximum Gasteiger partial charge on any atom is 0.139 e. The van der Waals surface area contributed by atoms with Gasteiger partial charge in [0.2, 0.25) is 0 Å². The highest BCUT2D eigenvalue weighted by Crippen LogP contribution is 2.54. The smallest absolute Gasteiger partial charge is 0.139 e. The van der Waals surface area contributed by atoms with E-state index < -0.39 is 0 Å². The van der Waals surface area contributed by atoms with Crippen LogP contribution in [0.5, 0.6) is 5.75 Å². The van der Waals surface area contributed by atoms with Crippen LogP contribution < -0.4 is 10.1 Å². The highest BCUT2D eigenvalue weighted by Gasteiger charge is 2.44. The number of hydrogen-bond donors (Lipinski definition) is 1. The standard InChI is InChI=1S/C29H32N2O2/c1-5-15-32-19-10-8-18(9-11-19)28-30-25-23-17(2)16-33-27(23)21-12-13-22-20(24(21)26(25)31-28)7-6-14-29(22,3)4/h8-13,16,25-26H,5-7,14-15H2,1-4H3,(H,30,31). The third kappa shape index (κ3) is 3.14. The Hall–Kier alpha value is -3.01. The van der Waals surface area contributed by atoms with Crippen LogP contribution in [0, 0.1) is 6.92 Å². The molecule has 3 aromatic rings. The zero-order chi connectivity index (χ0) is 22.7. The molecule has 0 radical (unpaired) electrons. The van der Waals surface area contributed by atoms with Gasteiger partial charge in [0.25, 0.3) is 0 Å². The van der Waals surface area contributed by atoms with E-state index in [9.17, 15) is 0 Å². The third-order valence-electron chi connectivity index (χ3n) is 7.67.